The molecule has 0 atom stereocenters. The van der Waals surface area contributed by atoms with Gasteiger partial charge in [0, 0.05) is 10.9 Å². The van der Waals surface area contributed by atoms with Crippen LogP contribution < -0.4 is 5.32 Å². The lowest BCUT2D eigenvalue weighted by Gasteiger charge is -2.12. The van der Waals surface area contributed by atoms with E-state index in [0.29, 0.717) is 37.5 Å². The van der Waals surface area contributed by atoms with Gasteiger partial charge in [-0.25, -0.2) is 4.98 Å². The van der Waals surface area contributed by atoms with Crippen LogP contribution in [0, 0.1) is 0 Å². The number of para-hydroxylation sites is 2. The maximum atomic E-state index is 13.0. The topological polar surface area (TPSA) is 42.0 Å². The van der Waals surface area contributed by atoms with Crippen molar-refractivity contribution >= 4 is 57.3 Å². The minimum atomic E-state index is -0.270. The summed E-state index contributed by atoms with van der Waals surface area (Å²) in [6.07, 6.45) is 0. The van der Waals surface area contributed by atoms with E-state index in [1.165, 1.54) is 0 Å². The Morgan fingerprint density at radius 1 is 0.786 bits per heavy atom. The van der Waals surface area contributed by atoms with Crippen molar-refractivity contribution in [3.63, 3.8) is 0 Å². The molecular formula is C22H13Cl3N2O. The largest absolute Gasteiger partial charge is 0.321 e. The summed E-state index contributed by atoms with van der Waals surface area (Å²) in [4.78, 5) is 17.7. The summed E-state index contributed by atoms with van der Waals surface area (Å²) in [7, 11) is 0. The second-order valence-corrected chi connectivity index (χ2v) is 7.36. The quantitative estimate of drug-likeness (QED) is 0.378. The molecule has 1 N–H and O–H groups in total. The van der Waals surface area contributed by atoms with Crippen molar-refractivity contribution in [3.8, 4) is 11.3 Å². The van der Waals surface area contributed by atoms with E-state index in [1.54, 1.807) is 30.3 Å². The molecule has 0 bridgehead atoms. The van der Waals surface area contributed by atoms with Gasteiger partial charge in [-0.15, -0.1) is 0 Å². The highest BCUT2D eigenvalue weighted by Gasteiger charge is 2.15. The first-order chi connectivity index (χ1) is 13.5. The summed E-state index contributed by atoms with van der Waals surface area (Å²) in [6.45, 7) is 0. The van der Waals surface area contributed by atoms with Crippen LogP contribution in [-0.4, -0.2) is 10.9 Å². The highest BCUT2D eigenvalue weighted by atomic mass is 35.5. The van der Waals surface area contributed by atoms with Crippen molar-refractivity contribution in [2.24, 2.45) is 0 Å². The highest BCUT2D eigenvalue weighted by Crippen LogP contribution is 2.31. The van der Waals surface area contributed by atoms with Gasteiger partial charge in [0.15, 0.2) is 0 Å². The monoisotopic (exact) mass is 426 g/mol. The molecule has 138 valence electrons. The van der Waals surface area contributed by atoms with Gasteiger partial charge >= 0.3 is 0 Å². The van der Waals surface area contributed by atoms with E-state index in [1.807, 2.05) is 42.5 Å². The number of carbonyl (C=O) groups is 1. The van der Waals surface area contributed by atoms with Gasteiger partial charge in [-0.05, 0) is 36.4 Å². The van der Waals surface area contributed by atoms with Gasteiger partial charge in [0.05, 0.1) is 37.5 Å². The first kappa shape index (κ1) is 18.8. The molecule has 3 nitrogen and oxygen atoms in total. The van der Waals surface area contributed by atoms with E-state index in [2.05, 4.69) is 10.3 Å². The fourth-order valence-electron chi connectivity index (χ4n) is 2.92. The Kier molecular flexibility index (Phi) is 5.23. The van der Waals surface area contributed by atoms with Crippen molar-refractivity contribution in [2.75, 3.05) is 5.32 Å². The van der Waals surface area contributed by atoms with E-state index < -0.39 is 0 Å². The van der Waals surface area contributed by atoms with Gasteiger partial charge < -0.3 is 5.32 Å². The number of benzene rings is 3. The Morgan fingerprint density at radius 3 is 2.32 bits per heavy atom. The third-order valence-electron chi connectivity index (χ3n) is 4.30. The molecular weight excluding hydrogens is 415 g/mol. The number of hydrogen-bond donors (Lipinski definition) is 1. The molecule has 3 aromatic carbocycles. The Morgan fingerprint density at radius 2 is 1.54 bits per heavy atom. The molecule has 0 aliphatic carbocycles. The zero-order valence-corrected chi connectivity index (χ0v) is 16.7. The molecule has 0 fully saturated rings. The number of anilines is 1. The number of carbonyl (C=O) groups excluding carboxylic acids is 1. The predicted molar refractivity (Wildman–Crippen MR) is 117 cm³/mol. The lowest BCUT2D eigenvalue weighted by atomic mass is 10.0. The van der Waals surface area contributed by atoms with Crippen molar-refractivity contribution in [2.45, 2.75) is 0 Å². The molecule has 0 saturated heterocycles. The lowest BCUT2D eigenvalue weighted by Crippen LogP contribution is -2.13. The van der Waals surface area contributed by atoms with Crippen LogP contribution in [0.4, 0.5) is 5.69 Å². The van der Waals surface area contributed by atoms with Gasteiger partial charge in [-0.2, -0.15) is 0 Å². The van der Waals surface area contributed by atoms with Crippen LogP contribution in [-0.2, 0) is 0 Å². The minimum absolute atomic E-state index is 0.270. The molecule has 28 heavy (non-hydrogen) atoms. The van der Waals surface area contributed by atoms with Crippen LogP contribution >= 0.6 is 34.8 Å². The molecule has 0 saturated carbocycles. The van der Waals surface area contributed by atoms with Gasteiger partial charge in [-0.1, -0.05) is 71.2 Å². The van der Waals surface area contributed by atoms with E-state index in [0.717, 1.165) is 10.9 Å². The van der Waals surface area contributed by atoms with Crippen LogP contribution in [0.2, 0.25) is 15.1 Å². The van der Waals surface area contributed by atoms with E-state index in [4.69, 9.17) is 34.8 Å². The summed E-state index contributed by atoms with van der Waals surface area (Å²) in [5, 5.41) is 4.98. The Labute approximate surface area is 176 Å². The summed E-state index contributed by atoms with van der Waals surface area (Å²) < 4.78 is 0. The van der Waals surface area contributed by atoms with Crippen LogP contribution in [0.1, 0.15) is 10.4 Å². The number of aromatic nitrogens is 1. The fraction of sp³-hybridized carbons (Fsp3) is 0. The van der Waals surface area contributed by atoms with Crippen LogP contribution in [0.5, 0.6) is 0 Å². The van der Waals surface area contributed by atoms with Gasteiger partial charge in [0.1, 0.15) is 0 Å². The third-order valence-corrected chi connectivity index (χ3v) is 5.37. The first-order valence-electron chi connectivity index (χ1n) is 8.44. The molecule has 0 aliphatic rings. The second-order valence-electron chi connectivity index (χ2n) is 6.14. The number of fused-ring (bicyclic) bond motifs is 1. The van der Waals surface area contributed by atoms with Crippen LogP contribution in [0.25, 0.3) is 22.2 Å². The third kappa shape index (κ3) is 3.69. The molecule has 4 aromatic rings. The summed E-state index contributed by atoms with van der Waals surface area (Å²) in [5.41, 5.74) is 3.14. The zero-order valence-electron chi connectivity index (χ0n) is 14.4. The van der Waals surface area contributed by atoms with Gasteiger partial charge in [0.2, 0.25) is 0 Å². The van der Waals surface area contributed by atoms with E-state index in [9.17, 15) is 4.79 Å². The number of rotatable bonds is 3. The summed E-state index contributed by atoms with van der Waals surface area (Å²) in [6, 6.07) is 21.6. The highest BCUT2D eigenvalue weighted by molar-refractivity contribution is 6.42. The zero-order chi connectivity index (χ0) is 19.7. The Bertz CT molecular complexity index is 1210. The maximum Gasteiger partial charge on any atom is 0.256 e. The van der Waals surface area contributed by atoms with Gasteiger partial charge in [0.25, 0.3) is 5.91 Å². The van der Waals surface area contributed by atoms with Crippen molar-refractivity contribution in [1.29, 1.82) is 0 Å². The average molecular weight is 428 g/mol. The smallest absolute Gasteiger partial charge is 0.256 e. The normalized spacial score (nSPS) is 10.8. The van der Waals surface area contributed by atoms with Crippen molar-refractivity contribution in [1.82, 2.24) is 4.98 Å². The second kappa shape index (κ2) is 7.80. The molecule has 0 radical (unpaired) electrons. The van der Waals surface area contributed by atoms with Crippen LogP contribution in [0.3, 0.4) is 0 Å². The number of hydrogen-bond acceptors (Lipinski definition) is 2. The molecule has 1 amide bonds. The van der Waals surface area contributed by atoms with Gasteiger partial charge in [-0.3, -0.25) is 4.79 Å². The number of nitrogens with one attached hydrogen (secondary N) is 1. The van der Waals surface area contributed by atoms with E-state index >= 15 is 0 Å². The standard InChI is InChI=1S/C22H13Cl3N2O/c23-16-10-9-13(11-18(16)25)21-12-15(14-5-1-3-7-19(14)26-21)22(28)27-20-8-4-2-6-17(20)24/h1-12H,(H,27,28). The molecule has 1 aromatic heterocycles. The maximum absolute atomic E-state index is 13.0. The molecule has 4 rings (SSSR count). The van der Waals surface area contributed by atoms with Crippen molar-refractivity contribution in [3.05, 3.63) is 93.4 Å². The number of halogens is 3. The average Bonchev–Trinajstić information content (AvgIpc) is 2.71. The minimum Gasteiger partial charge on any atom is -0.321 e. The van der Waals surface area contributed by atoms with Crippen molar-refractivity contribution < 1.29 is 4.79 Å². The number of amides is 1. The number of pyridine rings is 1. The predicted octanol–water partition coefficient (Wildman–Crippen LogP) is 7.11. The number of nitrogens with zero attached hydrogens (tertiary/aromatic N) is 1. The molecule has 6 heteroatoms. The van der Waals surface area contributed by atoms with E-state index in [-0.39, 0.29) is 5.91 Å². The Balaban J connectivity index is 1.83. The summed E-state index contributed by atoms with van der Waals surface area (Å²) in [5.74, 6) is -0.270. The first-order valence-corrected chi connectivity index (χ1v) is 9.57. The fourth-order valence-corrected chi connectivity index (χ4v) is 3.40. The van der Waals surface area contributed by atoms with Crippen LogP contribution in [0.15, 0.2) is 72.8 Å². The lowest BCUT2D eigenvalue weighted by molar-refractivity contribution is 0.102. The molecule has 0 aliphatic heterocycles. The SMILES string of the molecule is O=C(Nc1ccccc1Cl)c1cc(-c2ccc(Cl)c(Cl)c2)nc2ccccc12. The molecule has 0 spiro atoms. The molecule has 0 unspecified atom stereocenters. The Hall–Kier alpha value is -2.59. The summed E-state index contributed by atoms with van der Waals surface area (Å²) >= 11 is 18.4. The molecule has 1 heterocycles.